The summed E-state index contributed by atoms with van der Waals surface area (Å²) in [5.41, 5.74) is 3.79. The van der Waals surface area contributed by atoms with Crippen molar-refractivity contribution in [2.45, 2.75) is 26.3 Å². The quantitative estimate of drug-likeness (QED) is 0.826. The number of nitrogens with zero attached hydrogens (tertiary/aromatic N) is 1. The van der Waals surface area contributed by atoms with Gasteiger partial charge in [0.25, 0.3) is 0 Å². The van der Waals surface area contributed by atoms with Crippen LogP contribution in [0.1, 0.15) is 34.3 Å². The van der Waals surface area contributed by atoms with Gasteiger partial charge in [-0.25, -0.2) is 4.39 Å². The first-order valence-electron chi connectivity index (χ1n) is 7.27. The molecular weight excluding hydrogens is 265 g/mol. The van der Waals surface area contributed by atoms with Crippen molar-refractivity contribution >= 4 is 11.5 Å². The molecule has 0 bridgehead atoms. The number of fused-ring (bicyclic) bond motifs is 1. The Balaban J connectivity index is 1.97. The van der Waals surface area contributed by atoms with Gasteiger partial charge < -0.3 is 4.90 Å². The van der Waals surface area contributed by atoms with E-state index in [-0.39, 0.29) is 11.6 Å². The molecule has 2 nitrogen and oxygen atoms in total. The Kier molecular flexibility index (Phi) is 3.74. The first-order valence-corrected chi connectivity index (χ1v) is 7.27. The Morgan fingerprint density at radius 3 is 2.86 bits per heavy atom. The van der Waals surface area contributed by atoms with Crippen LogP contribution in [0.3, 0.4) is 0 Å². The second kappa shape index (κ2) is 5.68. The number of anilines is 1. The highest BCUT2D eigenvalue weighted by atomic mass is 19.1. The van der Waals surface area contributed by atoms with E-state index >= 15 is 0 Å². The summed E-state index contributed by atoms with van der Waals surface area (Å²) in [5, 5.41) is 0. The average Bonchev–Trinajstić information content (AvgIpc) is 2.64. The third-order valence-corrected chi connectivity index (χ3v) is 4.05. The summed E-state index contributed by atoms with van der Waals surface area (Å²) >= 11 is 0. The standard InChI is InChI=1S/C18H18FNO/c1-13-8-9-15(19)11-14(13)12-20-10-4-7-18(21)16-5-2-3-6-17(16)20/h2-3,5-6,8-9,11H,4,7,10,12H2,1H3. The molecule has 1 aliphatic rings. The highest BCUT2D eigenvalue weighted by molar-refractivity contribution is 6.01. The molecule has 2 aromatic rings. The fourth-order valence-corrected chi connectivity index (χ4v) is 2.85. The van der Waals surface area contributed by atoms with Gasteiger partial charge in [0.1, 0.15) is 5.82 Å². The van der Waals surface area contributed by atoms with Gasteiger partial charge in [0, 0.05) is 30.8 Å². The lowest BCUT2D eigenvalue weighted by Gasteiger charge is -2.25. The summed E-state index contributed by atoms with van der Waals surface area (Å²) < 4.78 is 13.5. The lowest BCUT2D eigenvalue weighted by molar-refractivity contribution is 0.0984. The summed E-state index contributed by atoms with van der Waals surface area (Å²) in [6.45, 7) is 3.44. The van der Waals surface area contributed by atoms with Gasteiger partial charge in [0.2, 0.25) is 0 Å². The van der Waals surface area contributed by atoms with Crippen LogP contribution in [0.2, 0.25) is 0 Å². The number of halogens is 1. The van der Waals surface area contributed by atoms with Gasteiger partial charge in [-0.2, -0.15) is 0 Å². The normalized spacial score (nSPS) is 14.8. The lowest BCUT2D eigenvalue weighted by atomic mass is 10.1. The zero-order chi connectivity index (χ0) is 14.8. The number of Topliss-reactive ketones (excluding diaryl/α,β-unsaturated/α-hetero) is 1. The smallest absolute Gasteiger partial charge is 0.165 e. The SMILES string of the molecule is Cc1ccc(F)cc1CN1CCCC(=O)c2ccccc21. The summed E-state index contributed by atoms with van der Waals surface area (Å²) in [5.74, 6) is -0.0150. The van der Waals surface area contributed by atoms with E-state index in [0.717, 1.165) is 35.3 Å². The average molecular weight is 283 g/mol. The topological polar surface area (TPSA) is 20.3 Å². The second-order valence-corrected chi connectivity index (χ2v) is 5.54. The summed E-state index contributed by atoms with van der Waals surface area (Å²) in [6.07, 6.45) is 1.41. The third kappa shape index (κ3) is 2.82. The summed E-state index contributed by atoms with van der Waals surface area (Å²) in [7, 11) is 0. The van der Waals surface area contributed by atoms with Crippen LogP contribution < -0.4 is 4.90 Å². The first kappa shape index (κ1) is 13.8. The predicted molar refractivity (Wildman–Crippen MR) is 82.2 cm³/mol. The van der Waals surface area contributed by atoms with Crippen LogP contribution in [-0.2, 0) is 6.54 Å². The number of rotatable bonds is 2. The minimum Gasteiger partial charge on any atom is -0.367 e. The van der Waals surface area contributed by atoms with E-state index in [1.807, 2.05) is 31.2 Å². The third-order valence-electron chi connectivity index (χ3n) is 4.05. The fraction of sp³-hybridized carbons (Fsp3) is 0.278. The summed E-state index contributed by atoms with van der Waals surface area (Å²) in [4.78, 5) is 14.3. The molecule has 21 heavy (non-hydrogen) atoms. The lowest BCUT2D eigenvalue weighted by Crippen LogP contribution is -2.24. The molecule has 0 N–H and O–H groups in total. The Morgan fingerprint density at radius 1 is 1.19 bits per heavy atom. The first-order chi connectivity index (χ1) is 10.1. The van der Waals surface area contributed by atoms with Crippen molar-refractivity contribution in [2.75, 3.05) is 11.4 Å². The van der Waals surface area contributed by atoms with E-state index in [1.165, 1.54) is 6.07 Å². The van der Waals surface area contributed by atoms with Crippen LogP contribution in [0.4, 0.5) is 10.1 Å². The van der Waals surface area contributed by atoms with Gasteiger partial charge in [-0.1, -0.05) is 18.2 Å². The van der Waals surface area contributed by atoms with Crippen molar-refractivity contribution in [2.24, 2.45) is 0 Å². The van der Waals surface area contributed by atoms with Gasteiger partial charge in [-0.05, 0) is 48.7 Å². The number of aryl methyl sites for hydroxylation is 1. The van der Waals surface area contributed by atoms with Gasteiger partial charge in [0.15, 0.2) is 5.78 Å². The molecule has 0 saturated carbocycles. The van der Waals surface area contributed by atoms with Crippen LogP contribution in [0.15, 0.2) is 42.5 Å². The second-order valence-electron chi connectivity index (χ2n) is 5.54. The van der Waals surface area contributed by atoms with Crippen molar-refractivity contribution in [3.8, 4) is 0 Å². The predicted octanol–water partition coefficient (Wildman–Crippen LogP) is 4.12. The fourth-order valence-electron chi connectivity index (χ4n) is 2.85. The molecular formula is C18H18FNO. The Morgan fingerprint density at radius 2 is 2.00 bits per heavy atom. The molecule has 0 unspecified atom stereocenters. The molecule has 0 aromatic heterocycles. The Bertz CT molecular complexity index is 681. The van der Waals surface area contributed by atoms with E-state index in [4.69, 9.17) is 0 Å². The molecule has 0 radical (unpaired) electrons. The Hall–Kier alpha value is -2.16. The van der Waals surface area contributed by atoms with Gasteiger partial charge in [0.05, 0.1) is 0 Å². The van der Waals surface area contributed by atoms with Gasteiger partial charge in [-0.3, -0.25) is 4.79 Å². The Labute approximate surface area is 124 Å². The number of benzene rings is 2. The van der Waals surface area contributed by atoms with Gasteiger partial charge >= 0.3 is 0 Å². The van der Waals surface area contributed by atoms with Crippen LogP contribution >= 0.6 is 0 Å². The molecule has 3 rings (SSSR count). The molecule has 1 heterocycles. The van der Waals surface area contributed by atoms with E-state index in [2.05, 4.69) is 4.90 Å². The maximum Gasteiger partial charge on any atom is 0.165 e. The highest BCUT2D eigenvalue weighted by Gasteiger charge is 2.20. The number of hydrogen-bond acceptors (Lipinski definition) is 2. The van der Waals surface area contributed by atoms with Crippen molar-refractivity contribution < 1.29 is 9.18 Å². The van der Waals surface area contributed by atoms with E-state index < -0.39 is 0 Å². The zero-order valence-electron chi connectivity index (χ0n) is 12.1. The molecule has 0 aliphatic carbocycles. The number of carbonyl (C=O) groups excluding carboxylic acids is 1. The number of para-hydroxylation sites is 1. The van der Waals surface area contributed by atoms with E-state index in [1.54, 1.807) is 12.1 Å². The highest BCUT2D eigenvalue weighted by Crippen LogP contribution is 2.28. The van der Waals surface area contributed by atoms with Crippen molar-refractivity contribution in [3.63, 3.8) is 0 Å². The molecule has 0 saturated heterocycles. The molecule has 1 aliphatic heterocycles. The monoisotopic (exact) mass is 283 g/mol. The number of ketones is 1. The maximum atomic E-state index is 13.5. The molecule has 108 valence electrons. The minimum absolute atomic E-state index is 0.198. The van der Waals surface area contributed by atoms with E-state index in [9.17, 15) is 9.18 Å². The number of hydrogen-bond donors (Lipinski definition) is 0. The molecule has 0 atom stereocenters. The van der Waals surface area contributed by atoms with Crippen LogP contribution in [0, 0.1) is 12.7 Å². The molecule has 0 spiro atoms. The minimum atomic E-state index is -0.213. The van der Waals surface area contributed by atoms with Crippen molar-refractivity contribution in [1.82, 2.24) is 0 Å². The molecule has 0 amide bonds. The molecule has 3 heteroatoms. The van der Waals surface area contributed by atoms with Crippen molar-refractivity contribution in [3.05, 3.63) is 65.0 Å². The number of carbonyl (C=O) groups is 1. The zero-order valence-corrected chi connectivity index (χ0v) is 12.1. The van der Waals surface area contributed by atoms with Crippen LogP contribution in [0.5, 0.6) is 0 Å². The summed E-state index contributed by atoms with van der Waals surface area (Å²) in [6, 6.07) is 12.6. The molecule has 0 fully saturated rings. The largest absolute Gasteiger partial charge is 0.367 e. The van der Waals surface area contributed by atoms with Crippen LogP contribution in [0.25, 0.3) is 0 Å². The molecule has 2 aromatic carbocycles. The van der Waals surface area contributed by atoms with Crippen LogP contribution in [-0.4, -0.2) is 12.3 Å². The maximum absolute atomic E-state index is 13.5. The van der Waals surface area contributed by atoms with Gasteiger partial charge in [-0.15, -0.1) is 0 Å². The van der Waals surface area contributed by atoms with E-state index in [0.29, 0.717) is 13.0 Å². The van der Waals surface area contributed by atoms with Crippen molar-refractivity contribution in [1.29, 1.82) is 0 Å².